The Morgan fingerprint density at radius 2 is 2.29 bits per heavy atom. The lowest BCUT2D eigenvalue weighted by Gasteiger charge is -2.06. The third-order valence-electron chi connectivity index (χ3n) is 2.33. The fourth-order valence-corrected chi connectivity index (χ4v) is 1.65. The molecule has 2 rings (SSSR count). The normalized spacial score (nSPS) is 10.8. The molecule has 0 aliphatic carbocycles. The minimum atomic E-state index is -0.446. The van der Waals surface area contributed by atoms with E-state index in [1.165, 1.54) is 12.1 Å². The second-order valence-electron chi connectivity index (χ2n) is 3.47. The molecule has 4 nitrogen and oxygen atoms in total. The molecular formula is C11H11ClFN3O. The number of ether oxygens (including phenoxy) is 1. The van der Waals surface area contributed by atoms with Gasteiger partial charge in [-0.15, -0.1) is 10.2 Å². The predicted octanol–water partition coefficient (Wildman–Crippen LogP) is 2.38. The molecule has 0 saturated heterocycles. The first-order valence-electron chi connectivity index (χ1n) is 5.04. The highest BCUT2D eigenvalue weighted by Gasteiger charge is 2.09. The minimum absolute atomic E-state index is 0.0730. The lowest BCUT2D eigenvalue weighted by Crippen LogP contribution is -2.04. The molecule has 1 aromatic heterocycles. The highest BCUT2D eigenvalue weighted by atomic mass is 35.5. The van der Waals surface area contributed by atoms with Crippen LogP contribution in [0.25, 0.3) is 11.4 Å². The summed E-state index contributed by atoms with van der Waals surface area (Å²) in [4.78, 5) is 0. The van der Waals surface area contributed by atoms with E-state index in [0.717, 1.165) is 5.56 Å². The van der Waals surface area contributed by atoms with Crippen LogP contribution in [-0.2, 0) is 11.3 Å². The van der Waals surface area contributed by atoms with Crippen molar-refractivity contribution in [1.82, 2.24) is 14.8 Å². The molecule has 0 atom stereocenters. The summed E-state index contributed by atoms with van der Waals surface area (Å²) in [7, 11) is 1.62. The van der Waals surface area contributed by atoms with Crippen LogP contribution in [0.4, 0.5) is 4.39 Å². The van der Waals surface area contributed by atoms with Crippen LogP contribution in [0.3, 0.4) is 0 Å². The van der Waals surface area contributed by atoms with Gasteiger partial charge < -0.3 is 9.30 Å². The van der Waals surface area contributed by atoms with Gasteiger partial charge in [-0.25, -0.2) is 4.39 Å². The number of hydrogen-bond acceptors (Lipinski definition) is 3. The van der Waals surface area contributed by atoms with Crippen molar-refractivity contribution in [3.8, 4) is 11.4 Å². The number of halogens is 2. The van der Waals surface area contributed by atoms with E-state index < -0.39 is 5.82 Å². The van der Waals surface area contributed by atoms with Crippen LogP contribution in [0, 0.1) is 5.82 Å². The molecule has 0 aliphatic heterocycles. The first-order valence-corrected chi connectivity index (χ1v) is 5.42. The van der Waals surface area contributed by atoms with Crippen LogP contribution in [0.5, 0.6) is 0 Å². The topological polar surface area (TPSA) is 39.9 Å². The molecular weight excluding hydrogens is 245 g/mol. The molecule has 1 heterocycles. The lowest BCUT2D eigenvalue weighted by molar-refractivity contribution is 0.187. The van der Waals surface area contributed by atoms with Crippen LogP contribution in [0.1, 0.15) is 0 Å². The van der Waals surface area contributed by atoms with E-state index in [4.69, 9.17) is 16.3 Å². The van der Waals surface area contributed by atoms with Gasteiger partial charge in [0.1, 0.15) is 12.1 Å². The van der Waals surface area contributed by atoms with Crippen molar-refractivity contribution in [2.75, 3.05) is 13.7 Å². The third kappa shape index (κ3) is 2.62. The summed E-state index contributed by atoms with van der Waals surface area (Å²) < 4.78 is 19.9. The Hall–Kier alpha value is -1.46. The summed E-state index contributed by atoms with van der Waals surface area (Å²) in [5, 5.41) is 7.88. The van der Waals surface area contributed by atoms with Crippen LogP contribution in [0.15, 0.2) is 24.5 Å². The number of benzene rings is 1. The Labute approximate surface area is 103 Å². The van der Waals surface area contributed by atoms with E-state index in [1.54, 1.807) is 19.5 Å². The summed E-state index contributed by atoms with van der Waals surface area (Å²) in [5.74, 6) is 0.197. The van der Waals surface area contributed by atoms with Gasteiger partial charge in [-0.2, -0.15) is 0 Å². The average molecular weight is 256 g/mol. The first kappa shape index (κ1) is 12.0. The molecule has 6 heteroatoms. The molecule has 0 unspecified atom stereocenters. The minimum Gasteiger partial charge on any atom is -0.383 e. The zero-order valence-electron chi connectivity index (χ0n) is 9.23. The smallest absolute Gasteiger partial charge is 0.163 e. The van der Waals surface area contributed by atoms with Gasteiger partial charge in [0.25, 0.3) is 0 Å². The van der Waals surface area contributed by atoms with Gasteiger partial charge in [0, 0.05) is 19.2 Å². The third-order valence-corrected chi connectivity index (χ3v) is 2.62. The van der Waals surface area contributed by atoms with Gasteiger partial charge in [0.2, 0.25) is 0 Å². The zero-order valence-corrected chi connectivity index (χ0v) is 9.99. The Morgan fingerprint density at radius 3 is 3.00 bits per heavy atom. The van der Waals surface area contributed by atoms with Gasteiger partial charge in [-0.05, 0) is 18.2 Å². The highest BCUT2D eigenvalue weighted by molar-refractivity contribution is 6.31. The number of hydrogen-bond donors (Lipinski definition) is 0. The van der Waals surface area contributed by atoms with E-state index in [0.29, 0.717) is 19.0 Å². The summed E-state index contributed by atoms with van der Waals surface area (Å²) >= 11 is 5.73. The van der Waals surface area contributed by atoms with Gasteiger partial charge >= 0.3 is 0 Å². The Kier molecular flexibility index (Phi) is 3.71. The van der Waals surface area contributed by atoms with Gasteiger partial charge in [0.15, 0.2) is 5.82 Å². The molecule has 1 aromatic carbocycles. The molecule has 17 heavy (non-hydrogen) atoms. The van der Waals surface area contributed by atoms with Crippen molar-refractivity contribution in [3.05, 3.63) is 35.4 Å². The standard InChI is InChI=1S/C11H11ClFN3O/c1-17-5-4-16-7-14-15-11(16)8-2-3-10(13)9(12)6-8/h2-3,6-7H,4-5H2,1H3. The SMILES string of the molecule is COCCn1cnnc1-c1ccc(F)c(Cl)c1. The first-order chi connectivity index (χ1) is 8.22. The van der Waals surface area contributed by atoms with Gasteiger partial charge in [0.05, 0.1) is 11.6 Å². The fraction of sp³-hybridized carbons (Fsp3) is 0.273. The van der Waals surface area contributed by atoms with Crippen molar-refractivity contribution in [2.45, 2.75) is 6.54 Å². The molecule has 2 aromatic rings. The van der Waals surface area contributed by atoms with Crippen LogP contribution >= 0.6 is 11.6 Å². The van der Waals surface area contributed by atoms with Crippen molar-refractivity contribution < 1.29 is 9.13 Å². The number of rotatable bonds is 4. The van der Waals surface area contributed by atoms with Crippen LogP contribution < -0.4 is 0 Å². The summed E-state index contributed by atoms with van der Waals surface area (Å²) in [6.07, 6.45) is 1.60. The zero-order chi connectivity index (χ0) is 12.3. The van der Waals surface area contributed by atoms with Crippen molar-refractivity contribution >= 4 is 11.6 Å². The molecule has 0 spiro atoms. The Bertz CT molecular complexity index is 515. The second kappa shape index (κ2) is 5.25. The quantitative estimate of drug-likeness (QED) is 0.842. The number of nitrogens with zero attached hydrogens (tertiary/aromatic N) is 3. The van der Waals surface area contributed by atoms with E-state index in [9.17, 15) is 4.39 Å². The maximum Gasteiger partial charge on any atom is 0.163 e. The Balaban J connectivity index is 2.32. The number of methoxy groups -OCH3 is 1. The largest absolute Gasteiger partial charge is 0.383 e. The fourth-order valence-electron chi connectivity index (χ4n) is 1.47. The van der Waals surface area contributed by atoms with E-state index >= 15 is 0 Å². The molecule has 0 amide bonds. The molecule has 0 bridgehead atoms. The van der Waals surface area contributed by atoms with E-state index in [-0.39, 0.29) is 5.02 Å². The maximum atomic E-state index is 13.0. The van der Waals surface area contributed by atoms with Crippen LogP contribution in [0.2, 0.25) is 5.02 Å². The Morgan fingerprint density at radius 1 is 1.47 bits per heavy atom. The lowest BCUT2D eigenvalue weighted by atomic mass is 10.2. The molecule has 0 saturated carbocycles. The van der Waals surface area contributed by atoms with Crippen LogP contribution in [-0.4, -0.2) is 28.5 Å². The van der Waals surface area contributed by atoms with E-state index in [1.807, 2.05) is 4.57 Å². The molecule has 0 fully saturated rings. The second-order valence-corrected chi connectivity index (χ2v) is 3.88. The van der Waals surface area contributed by atoms with Crippen molar-refractivity contribution in [1.29, 1.82) is 0 Å². The molecule has 0 aliphatic rings. The number of aromatic nitrogens is 3. The van der Waals surface area contributed by atoms with E-state index in [2.05, 4.69) is 10.2 Å². The van der Waals surface area contributed by atoms with Crippen molar-refractivity contribution in [2.24, 2.45) is 0 Å². The summed E-state index contributed by atoms with van der Waals surface area (Å²) in [6, 6.07) is 4.46. The predicted molar refractivity (Wildman–Crippen MR) is 62.3 cm³/mol. The van der Waals surface area contributed by atoms with Gasteiger partial charge in [-0.3, -0.25) is 0 Å². The summed E-state index contributed by atoms with van der Waals surface area (Å²) in [5.41, 5.74) is 0.727. The molecule has 90 valence electrons. The van der Waals surface area contributed by atoms with Gasteiger partial charge in [-0.1, -0.05) is 11.6 Å². The maximum absolute atomic E-state index is 13.0. The summed E-state index contributed by atoms with van der Waals surface area (Å²) in [6.45, 7) is 1.19. The van der Waals surface area contributed by atoms with Crippen molar-refractivity contribution in [3.63, 3.8) is 0 Å². The monoisotopic (exact) mass is 255 g/mol. The highest BCUT2D eigenvalue weighted by Crippen LogP contribution is 2.23. The molecule has 0 radical (unpaired) electrons. The molecule has 0 N–H and O–H groups in total. The average Bonchev–Trinajstić information content (AvgIpc) is 2.78.